The van der Waals surface area contributed by atoms with Gasteiger partial charge in [0.1, 0.15) is 5.82 Å². The summed E-state index contributed by atoms with van der Waals surface area (Å²) in [6.07, 6.45) is 2.13. The number of aromatic amines is 1. The van der Waals surface area contributed by atoms with Crippen molar-refractivity contribution in [2.24, 2.45) is 0 Å². The van der Waals surface area contributed by atoms with Crippen LogP contribution in [0.3, 0.4) is 0 Å². The third-order valence-corrected chi connectivity index (χ3v) is 5.97. The summed E-state index contributed by atoms with van der Waals surface area (Å²) in [5, 5.41) is 15.3. The Morgan fingerprint density at radius 1 is 1.23 bits per heavy atom. The highest BCUT2D eigenvalue weighted by Gasteiger charge is 2.31. The first kappa shape index (κ1) is 21.3. The van der Waals surface area contributed by atoms with Crippen LogP contribution in [0.5, 0.6) is 0 Å². The van der Waals surface area contributed by atoms with Gasteiger partial charge in [0, 0.05) is 28.8 Å². The Hall–Kier alpha value is -2.93. The van der Waals surface area contributed by atoms with Crippen LogP contribution in [0.4, 0.5) is 5.82 Å². The molecule has 0 spiro atoms. The van der Waals surface area contributed by atoms with Gasteiger partial charge in [0.2, 0.25) is 5.91 Å². The van der Waals surface area contributed by atoms with Crippen LogP contribution in [-0.4, -0.2) is 43.9 Å². The highest BCUT2D eigenvalue weighted by atomic mass is 16.2. The Balaban J connectivity index is 1.55. The summed E-state index contributed by atoms with van der Waals surface area (Å²) < 4.78 is 1.82. The van der Waals surface area contributed by atoms with Crippen molar-refractivity contribution in [2.75, 3.05) is 18.4 Å². The van der Waals surface area contributed by atoms with Gasteiger partial charge < -0.3 is 5.32 Å². The maximum atomic E-state index is 13.1. The first-order valence-electron chi connectivity index (χ1n) is 11.0. The molecule has 0 aliphatic carbocycles. The molecule has 1 aliphatic heterocycles. The minimum Gasteiger partial charge on any atom is -0.309 e. The number of H-pyrrole nitrogens is 1. The number of anilines is 1. The zero-order chi connectivity index (χ0) is 22.2. The smallest absolute Gasteiger partial charge is 0.239 e. The van der Waals surface area contributed by atoms with E-state index in [0.29, 0.717) is 12.4 Å². The average molecular weight is 421 g/mol. The lowest BCUT2D eigenvalue weighted by Gasteiger charge is -2.24. The molecule has 31 heavy (non-hydrogen) atoms. The fourth-order valence-corrected chi connectivity index (χ4v) is 4.36. The molecule has 0 radical (unpaired) electrons. The van der Waals surface area contributed by atoms with E-state index in [1.54, 1.807) is 0 Å². The van der Waals surface area contributed by atoms with Crippen molar-refractivity contribution >= 4 is 11.7 Å². The van der Waals surface area contributed by atoms with Crippen LogP contribution in [0.25, 0.3) is 5.69 Å². The number of rotatable bonds is 5. The molecule has 0 saturated carbocycles. The van der Waals surface area contributed by atoms with E-state index in [0.717, 1.165) is 42.2 Å². The zero-order valence-corrected chi connectivity index (χ0v) is 19.1. The fourth-order valence-electron chi connectivity index (χ4n) is 4.36. The number of aromatic nitrogens is 4. The number of benzene rings is 1. The van der Waals surface area contributed by atoms with Crippen LogP contribution in [-0.2, 0) is 10.2 Å². The van der Waals surface area contributed by atoms with E-state index in [1.165, 1.54) is 5.56 Å². The van der Waals surface area contributed by atoms with E-state index >= 15 is 0 Å². The molecule has 3 heterocycles. The van der Waals surface area contributed by atoms with Crippen molar-refractivity contribution in [3.63, 3.8) is 0 Å². The van der Waals surface area contributed by atoms with Crippen molar-refractivity contribution in [1.29, 1.82) is 0 Å². The maximum Gasteiger partial charge on any atom is 0.239 e. The van der Waals surface area contributed by atoms with Gasteiger partial charge in [-0.1, -0.05) is 39.0 Å². The van der Waals surface area contributed by atoms with E-state index in [2.05, 4.69) is 48.1 Å². The third kappa shape index (κ3) is 4.42. The van der Waals surface area contributed by atoms with E-state index in [1.807, 2.05) is 48.0 Å². The quantitative estimate of drug-likeness (QED) is 0.646. The van der Waals surface area contributed by atoms with E-state index in [-0.39, 0.29) is 17.4 Å². The lowest BCUT2D eigenvalue weighted by Crippen LogP contribution is -2.33. The molecule has 2 N–H and O–H groups in total. The highest BCUT2D eigenvalue weighted by Crippen LogP contribution is 2.34. The number of hydrogen-bond acceptors (Lipinski definition) is 4. The molecular formula is C24H32N6O. The van der Waals surface area contributed by atoms with Gasteiger partial charge in [-0.15, -0.1) is 0 Å². The van der Waals surface area contributed by atoms with Gasteiger partial charge in [0.25, 0.3) is 0 Å². The summed E-state index contributed by atoms with van der Waals surface area (Å²) >= 11 is 0. The largest absolute Gasteiger partial charge is 0.309 e. The average Bonchev–Trinajstić information content (AvgIpc) is 3.42. The van der Waals surface area contributed by atoms with Crippen LogP contribution in [0, 0.1) is 13.8 Å². The third-order valence-electron chi connectivity index (χ3n) is 5.97. The van der Waals surface area contributed by atoms with Gasteiger partial charge in [-0.2, -0.15) is 10.2 Å². The lowest BCUT2D eigenvalue weighted by molar-refractivity contribution is -0.117. The highest BCUT2D eigenvalue weighted by molar-refractivity contribution is 5.92. The molecule has 1 aliphatic rings. The summed E-state index contributed by atoms with van der Waals surface area (Å²) in [5.74, 6) is 0.677. The molecule has 7 nitrogen and oxygen atoms in total. The Morgan fingerprint density at radius 2 is 1.97 bits per heavy atom. The van der Waals surface area contributed by atoms with Crippen molar-refractivity contribution in [3.05, 3.63) is 59.0 Å². The number of hydrogen-bond donors (Lipinski definition) is 2. The number of nitrogens with one attached hydrogen (secondary N) is 2. The SMILES string of the molecule is Cc1n[nH]c(C)c1[C@H]1CCCN1CC(=O)Nc1cc(C(C)(C)C)nn1-c1ccccc1. The van der Waals surface area contributed by atoms with E-state index in [4.69, 9.17) is 5.10 Å². The van der Waals surface area contributed by atoms with Crippen molar-refractivity contribution < 1.29 is 4.79 Å². The van der Waals surface area contributed by atoms with Gasteiger partial charge in [-0.05, 0) is 45.4 Å². The molecule has 1 saturated heterocycles. The number of carbonyl (C=O) groups excluding carboxylic acids is 1. The van der Waals surface area contributed by atoms with Gasteiger partial charge in [0.15, 0.2) is 0 Å². The standard InChI is InChI=1S/C24H32N6O/c1-16-23(17(2)27-26-16)19-12-9-13-29(19)15-22(31)25-21-14-20(24(3,4)5)28-30(21)18-10-7-6-8-11-18/h6-8,10-11,14,19H,9,12-13,15H2,1-5H3,(H,25,31)(H,26,27)/t19-/m1/s1. The van der Waals surface area contributed by atoms with E-state index < -0.39 is 0 Å². The number of carbonyl (C=O) groups is 1. The molecule has 7 heteroatoms. The summed E-state index contributed by atoms with van der Waals surface area (Å²) in [6.45, 7) is 11.7. The molecule has 0 bridgehead atoms. The van der Waals surface area contributed by atoms with Crippen LogP contribution < -0.4 is 5.32 Å². The van der Waals surface area contributed by atoms with Gasteiger partial charge >= 0.3 is 0 Å². The van der Waals surface area contributed by atoms with Gasteiger partial charge in [0.05, 0.1) is 23.6 Å². The molecule has 1 amide bonds. The monoisotopic (exact) mass is 420 g/mol. The first-order valence-corrected chi connectivity index (χ1v) is 11.0. The summed E-state index contributed by atoms with van der Waals surface area (Å²) in [7, 11) is 0. The van der Waals surface area contributed by atoms with Crippen molar-refractivity contribution in [1.82, 2.24) is 24.9 Å². The summed E-state index contributed by atoms with van der Waals surface area (Å²) in [5.41, 5.74) is 5.09. The van der Waals surface area contributed by atoms with Crippen LogP contribution >= 0.6 is 0 Å². The minimum absolute atomic E-state index is 0.0248. The van der Waals surface area contributed by atoms with Gasteiger partial charge in [-0.25, -0.2) is 4.68 Å². The van der Waals surface area contributed by atoms with Crippen molar-refractivity contribution in [2.45, 2.75) is 58.9 Å². The first-order chi connectivity index (χ1) is 14.7. The minimum atomic E-state index is -0.115. The number of likely N-dealkylation sites (tertiary alicyclic amines) is 1. The number of aryl methyl sites for hydroxylation is 2. The molecule has 164 valence electrons. The van der Waals surface area contributed by atoms with E-state index in [9.17, 15) is 4.79 Å². The number of amides is 1. The predicted octanol–water partition coefficient (Wildman–Crippen LogP) is 4.29. The molecular weight excluding hydrogens is 388 g/mol. The Bertz CT molecular complexity index is 1040. The fraction of sp³-hybridized carbons (Fsp3) is 0.458. The van der Waals surface area contributed by atoms with Crippen molar-refractivity contribution in [3.8, 4) is 5.69 Å². The molecule has 1 aromatic carbocycles. The number of nitrogens with zero attached hydrogens (tertiary/aromatic N) is 4. The normalized spacial score (nSPS) is 17.3. The maximum absolute atomic E-state index is 13.1. The van der Waals surface area contributed by atoms with Crippen LogP contribution in [0.15, 0.2) is 36.4 Å². The lowest BCUT2D eigenvalue weighted by atomic mass is 9.92. The second-order valence-corrected chi connectivity index (χ2v) is 9.44. The Morgan fingerprint density at radius 3 is 2.61 bits per heavy atom. The zero-order valence-electron chi connectivity index (χ0n) is 19.1. The van der Waals surface area contributed by atoms with Gasteiger partial charge in [-0.3, -0.25) is 14.8 Å². The predicted molar refractivity (Wildman–Crippen MR) is 123 cm³/mol. The number of para-hydroxylation sites is 1. The molecule has 1 atom stereocenters. The topological polar surface area (TPSA) is 78.8 Å². The summed E-state index contributed by atoms with van der Waals surface area (Å²) in [6, 6.07) is 12.1. The van der Waals surface area contributed by atoms with Crippen LogP contribution in [0.1, 0.15) is 62.3 Å². The Kier molecular flexibility index (Phi) is 5.71. The summed E-state index contributed by atoms with van der Waals surface area (Å²) in [4.78, 5) is 15.3. The molecule has 2 aromatic heterocycles. The second-order valence-electron chi connectivity index (χ2n) is 9.44. The Labute approximate surface area is 183 Å². The van der Waals surface area contributed by atoms with Crippen LogP contribution in [0.2, 0.25) is 0 Å². The molecule has 0 unspecified atom stereocenters. The second kappa shape index (κ2) is 8.30. The molecule has 1 fully saturated rings. The molecule has 3 aromatic rings. The molecule has 4 rings (SSSR count).